The normalized spacial score (nSPS) is 19.0. The first-order chi connectivity index (χ1) is 3.50. The molecule has 0 aromatic carbocycles. The Morgan fingerprint density at radius 1 is 0.750 bits per heavy atom. The van der Waals surface area contributed by atoms with Gasteiger partial charge in [-0.05, 0) is 25.7 Å². The van der Waals surface area contributed by atoms with Gasteiger partial charge in [-0.1, -0.05) is 18.6 Å². The van der Waals surface area contributed by atoms with E-state index in [2.05, 4.69) is 12.2 Å². The summed E-state index contributed by atoms with van der Waals surface area (Å²) < 4.78 is 0. The third-order valence-corrected chi connectivity index (χ3v) is 1.41. The predicted molar refractivity (Wildman–Crippen MR) is 32.2 cm³/mol. The maximum Gasteiger partial charge on any atom is 0 e. The van der Waals surface area contributed by atoms with Gasteiger partial charge in [0.25, 0.3) is 0 Å². The van der Waals surface area contributed by atoms with Gasteiger partial charge >= 0.3 is 0 Å². The van der Waals surface area contributed by atoms with E-state index in [4.69, 9.17) is 0 Å². The van der Waals surface area contributed by atoms with Crippen molar-refractivity contribution in [1.29, 1.82) is 0 Å². The molecule has 0 saturated heterocycles. The van der Waals surface area contributed by atoms with E-state index < -0.39 is 0 Å². The van der Waals surface area contributed by atoms with Crippen LogP contribution in [0.4, 0.5) is 0 Å². The maximum absolute atomic E-state index is 2.30. The summed E-state index contributed by atoms with van der Waals surface area (Å²) in [6.45, 7) is 0. The van der Waals surface area contributed by atoms with Gasteiger partial charge in [0.1, 0.15) is 0 Å². The molecular weight excluding hydrogens is 124 g/mol. The third-order valence-electron chi connectivity index (χ3n) is 1.41. The van der Waals surface area contributed by atoms with Gasteiger partial charge in [-0.25, -0.2) is 0 Å². The zero-order chi connectivity index (χ0) is 4.95. The molecule has 1 aliphatic carbocycles. The van der Waals surface area contributed by atoms with Gasteiger partial charge in [-0.15, -0.1) is 0 Å². The molecule has 1 rings (SSSR count). The minimum atomic E-state index is 0. The Morgan fingerprint density at radius 3 is 1.75 bits per heavy atom. The van der Waals surface area contributed by atoms with Gasteiger partial charge < -0.3 is 0 Å². The molecule has 8 heavy (non-hydrogen) atoms. The molecule has 0 N–H and O–H groups in total. The van der Waals surface area contributed by atoms with Crippen molar-refractivity contribution in [1.82, 2.24) is 0 Å². The largest absolute Gasteiger partial charge is 0.0885 e. The minimum Gasteiger partial charge on any atom is -0.0885 e. The summed E-state index contributed by atoms with van der Waals surface area (Å²) in [5.41, 5.74) is 0. The van der Waals surface area contributed by atoms with Crippen LogP contribution in [-0.4, -0.2) is 0 Å². The van der Waals surface area contributed by atoms with Crippen molar-refractivity contribution in [2.75, 3.05) is 0 Å². The van der Waals surface area contributed by atoms with E-state index in [0.717, 1.165) is 0 Å². The second-order valence-corrected chi connectivity index (χ2v) is 2.11. The van der Waals surface area contributed by atoms with Gasteiger partial charge in [0, 0.05) is 37.7 Å². The smallest absolute Gasteiger partial charge is 0 e. The summed E-state index contributed by atoms with van der Waals surface area (Å²) in [6, 6.07) is 0. The summed E-state index contributed by atoms with van der Waals surface area (Å²) in [5, 5.41) is 0. The van der Waals surface area contributed by atoms with E-state index in [-0.39, 0.29) is 37.7 Å². The fraction of sp³-hybridized carbons (Fsp3) is 0.714. The molecule has 0 atom stereocenters. The van der Waals surface area contributed by atoms with Gasteiger partial charge in [0.2, 0.25) is 0 Å². The first-order valence-electron chi connectivity index (χ1n) is 3.15. The van der Waals surface area contributed by atoms with Crippen molar-refractivity contribution in [2.45, 2.75) is 32.1 Å². The van der Waals surface area contributed by atoms with Crippen molar-refractivity contribution in [3.63, 3.8) is 0 Å². The first-order valence-corrected chi connectivity index (χ1v) is 3.15. The van der Waals surface area contributed by atoms with Crippen molar-refractivity contribution in [2.24, 2.45) is 0 Å². The van der Waals surface area contributed by atoms with Crippen molar-refractivity contribution in [3.8, 4) is 0 Å². The quantitative estimate of drug-likeness (QED) is 0.449. The maximum atomic E-state index is 2.30. The first kappa shape index (κ1) is 9.00. The van der Waals surface area contributed by atoms with Crippen molar-refractivity contribution in [3.05, 3.63) is 12.2 Å². The van der Waals surface area contributed by atoms with Crippen LogP contribution in [0, 0.1) is 37.7 Å². The molecule has 0 aromatic rings. The Labute approximate surface area is 81.3 Å². The average molecular weight is 136 g/mol. The molecule has 0 aromatic heterocycles. The SMILES string of the molecule is C1=CCCCCC1.[Ar]. The van der Waals surface area contributed by atoms with E-state index in [1.807, 2.05) is 0 Å². The topological polar surface area (TPSA) is 0 Å². The van der Waals surface area contributed by atoms with Crippen molar-refractivity contribution >= 4 is 0 Å². The van der Waals surface area contributed by atoms with E-state index in [1.54, 1.807) is 0 Å². The van der Waals surface area contributed by atoms with E-state index in [0.29, 0.717) is 0 Å². The molecule has 0 saturated carbocycles. The van der Waals surface area contributed by atoms with E-state index in [1.165, 1.54) is 32.1 Å². The third kappa shape index (κ3) is 3.94. The summed E-state index contributed by atoms with van der Waals surface area (Å²) in [6.07, 6.45) is 11.5. The van der Waals surface area contributed by atoms with Crippen LogP contribution in [0.15, 0.2) is 12.2 Å². The monoisotopic (exact) mass is 136 g/mol. The second-order valence-electron chi connectivity index (χ2n) is 2.11. The van der Waals surface area contributed by atoms with Gasteiger partial charge in [-0.2, -0.15) is 0 Å². The van der Waals surface area contributed by atoms with Gasteiger partial charge in [-0.3, -0.25) is 0 Å². The Hall–Kier alpha value is 1.000. The van der Waals surface area contributed by atoms with E-state index in [9.17, 15) is 0 Å². The average Bonchev–Trinajstić information content (AvgIpc) is 1.90. The molecule has 1 heteroatoms. The fourth-order valence-corrected chi connectivity index (χ4v) is 0.937. The molecule has 0 fully saturated rings. The Kier molecular flexibility index (Phi) is 6.89. The van der Waals surface area contributed by atoms with Crippen LogP contribution < -0.4 is 0 Å². The number of allylic oxidation sites excluding steroid dienone is 2. The summed E-state index contributed by atoms with van der Waals surface area (Å²) in [5.74, 6) is 0. The van der Waals surface area contributed by atoms with Crippen molar-refractivity contribution < 1.29 is 37.7 Å². The molecule has 0 bridgehead atoms. The molecule has 48 valence electrons. The zero-order valence-electron chi connectivity index (χ0n) is 5.04. The summed E-state index contributed by atoms with van der Waals surface area (Å²) in [7, 11) is 0. The molecule has 0 amide bonds. The molecule has 0 heterocycles. The van der Waals surface area contributed by atoms with Gasteiger partial charge in [0.05, 0.1) is 0 Å². The fourth-order valence-electron chi connectivity index (χ4n) is 0.937. The molecule has 0 unspecified atom stereocenters. The number of hydrogen-bond donors (Lipinski definition) is 0. The van der Waals surface area contributed by atoms with E-state index >= 15 is 0 Å². The minimum absolute atomic E-state index is 0. The van der Waals surface area contributed by atoms with Gasteiger partial charge in [0.15, 0.2) is 0 Å². The Balaban J connectivity index is 0.000000490. The Bertz CT molecular complexity index is 58.8. The van der Waals surface area contributed by atoms with Crippen LogP contribution >= 0.6 is 0 Å². The molecule has 0 spiro atoms. The van der Waals surface area contributed by atoms with Crippen LogP contribution in [0.2, 0.25) is 0 Å². The Morgan fingerprint density at radius 2 is 1.25 bits per heavy atom. The van der Waals surface area contributed by atoms with Crippen LogP contribution in [0.3, 0.4) is 0 Å². The summed E-state index contributed by atoms with van der Waals surface area (Å²) >= 11 is 0. The van der Waals surface area contributed by atoms with Crippen LogP contribution in [-0.2, 0) is 0 Å². The zero-order valence-corrected chi connectivity index (χ0v) is 5.75. The van der Waals surface area contributed by atoms with Crippen LogP contribution in [0.5, 0.6) is 0 Å². The molecule has 0 aliphatic heterocycles. The van der Waals surface area contributed by atoms with Crippen LogP contribution in [0.25, 0.3) is 0 Å². The molecular formula is C7H12Ar. The predicted octanol–water partition coefficient (Wildman–Crippen LogP) is 2.51. The number of hydrogen-bond acceptors (Lipinski definition) is 0. The summed E-state index contributed by atoms with van der Waals surface area (Å²) in [4.78, 5) is 0. The number of rotatable bonds is 0. The molecule has 0 nitrogen and oxygen atoms in total. The molecule has 1 aliphatic rings. The molecule has 0 radical (unpaired) electrons. The van der Waals surface area contributed by atoms with Crippen LogP contribution in [0.1, 0.15) is 32.1 Å². The second kappa shape index (κ2) is 6.12. The standard InChI is InChI=1S/C7H12.Ar/c1-2-4-6-7-5-3-1;/h1-2H,3-7H2;.